The van der Waals surface area contributed by atoms with Crippen molar-refractivity contribution in [3.05, 3.63) is 29.8 Å². The Kier molecular flexibility index (Phi) is 6.78. The smallest absolute Gasteiger partial charge is 0.254 e. The first-order valence-electron chi connectivity index (χ1n) is 7.09. The molecule has 1 aromatic carbocycles. The Morgan fingerprint density at radius 2 is 1.81 bits per heavy atom. The molecular formula is C15H23Cl2N3O. The quantitative estimate of drug-likeness (QED) is 0.864. The van der Waals surface area contributed by atoms with Crippen molar-refractivity contribution in [3.8, 4) is 0 Å². The topological polar surface area (TPSA) is 49.6 Å². The van der Waals surface area contributed by atoms with E-state index in [1.807, 2.05) is 23.1 Å². The largest absolute Gasteiger partial charge is 0.399 e. The van der Waals surface area contributed by atoms with Crippen LogP contribution in [-0.4, -0.2) is 48.4 Å². The van der Waals surface area contributed by atoms with E-state index in [1.165, 1.54) is 19.4 Å². The van der Waals surface area contributed by atoms with Gasteiger partial charge in [-0.2, -0.15) is 0 Å². The summed E-state index contributed by atoms with van der Waals surface area (Å²) in [6, 6.07) is 7.25. The Morgan fingerprint density at radius 3 is 2.38 bits per heavy atom. The van der Waals surface area contributed by atoms with Crippen molar-refractivity contribution in [1.82, 2.24) is 9.80 Å². The van der Waals surface area contributed by atoms with E-state index in [0.717, 1.165) is 32.1 Å². The molecule has 0 atom stereocenters. The zero-order chi connectivity index (χ0) is 13.2. The minimum absolute atomic E-state index is 0. The summed E-state index contributed by atoms with van der Waals surface area (Å²) in [5.74, 6) is 1.04. The maximum atomic E-state index is 12.3. The van der Waals surface area contributed by atoms with Gasteiger partial charge in [0.05, 0.1) is 0 Å². The zero-order valence-electron chi connectivity index (χ0n) is 12.0. The van der Waals surface area contributed by atoms with Gasteiger partial charge in [0.2, 0.25) is 0 Å². The molecule has 2 N–H and O–H groups in total. The lowest BCUT2D eigenvalue weighted by molar-refractivity contribution is 0.0632. The van der Waals surface area contributed by atoms with Gasteiger partial charge in [-0.3, -0.25) is 9.69 Å². The van der Waals surface area contributed by atoms with Crippen LogP contribution in [0.15, 0.2) is 24.3 Å². The molecule has 4 nitrogen and oxygen atoms in total. The molecule has 1 aliphatic heterocycles. The first kappa shape index (κ1) is 18.1. The van der Waals surface area contributed by atoms with E-state index in [2.05, 4.69) is 4.90 Å². The molecule has 0 bridgehead atoms. The SMILES string of the molecule is Cl.Cl.Nc1cccc(C(=O)N2CCN(CC3CC3)CC2)c1. The number of piperazine rings is 1. The lowest BCUT2D eigenvalue weighted by Crippen LogP contribution is -2.49. The summed E-state index contributed by atoms with van der Waals surface area (Å²) in [6.07, 6.45) is 2.78. The number of nitrogen functional groups attached to an aromatic ring is 1. The van der Waals surface area contributed by atoms with Gasteiger partial charge < -0.3 is 10.6 Å². The lowest BCUT2D eigenvalue weighted by atomic mass is 10.1. The first-order valence-corrected chi connectivity index (χ1v) is 7.09. The second-order valence-electron chi connectivity index (χ2n) is 5.66. The molecule has 0 spiro atoms. The molecule has 1 aromatic rings. The highest BCUT2D eigenvalue weighted by molar-refractivity contribution is 5.95. The lowest BCUT2D eigenvalue weighted by Gasteiger charge is -2.34. The van der Waals surface area contributed by atoms with E-state index >= 15 is 0 Å². The molecule has 118 valence electrons. The summed E-state index contributed by atoms with van der Waals surface area (Å²) in [5.41, 5.74) is 7.09. The number of hydrogen-bond donors (Lipinski definition) is 1. The average molecular weight is 332 g/mol. The third-order valence-corrected chi connectivity index (χ3v) is 4.01. The van der Waals surface area contributed by atoms with Crippen LogP contribution < -0.4 is 5.73 Å². The fourth-order valence-corrected chi connectivity index (χ4v) is 2.65. The van der Waals surface area contributed by atoms with E-state index in [9.17, 15) is 4.79 Å². The molecule has 6 heteroatoms. The van der Waals surface area contributed by atoms with Crippen molar-refractivity contribution in [2.24, 2.45) is 5.92 Å². The predicted octanol–water partition coefficient (Wildman–Crippen LogP) is 2.28. The molecule has 0 aromatic heterocycles. The van der Waals surface area contributed by atoms with Gasteiger partial charge >= 0.3 is 0 Å². The standard InChI is InChI=1S/C15H21N3O.2ClH/c16-14-3-1-2-13(10-14)15(19)18-8-6-17(7-9-18)11-12-4-5-12;;/h1-3,10,12H,4-9,11,16H2;2*1H. The number of amides is 1. The van der Waals surface area contributed by atoms with Gasteiger partial charge in [-0.1, -0.05) is 6.07 Å². The predicted molar refractivity (Wildman–Crippen MR) is 90.4 cm³/mol. The summed E-state index contributed by atoms with van der Waals surface area (Å²) in [5, 5.41) is 0. The monoisotopic (exact) mass is 331 g/mol. The highest BCUT2D eigenvalue weighted by Crippen LogP contribution is 2.30. The number of hydrogen-bond acceptors (Lipinski definition) is 3. The molecule has 1 saturated carbocycles. The van der Waals surface area contributed by atoms with Gasteiger partial charge in [-0.05, 0) is 37.0 Å². The Hall–Kier alpha value is -0.970. The van der Waals surface area contributed by atoms with E-state index in [1.54, 1.807) is 6.07 Å². The van der Waals surface area contributed by atoms with Gasteiger partial charge in [0.15, 0.2) is 0 Å². The van der Waals surface area contributed by atoms with Crippen molar-refractivity contribution in [2.75, 3.05) is 38.5 Å². The number of anilines is 1. The van der Waals surface area contributed by atoms with Crippen LogP contribution in [0.1, 0.15) is 23.2 Å². The van der Waals surface area contributed by atoms with Crippen LogP contribution in [-0.2, 0) is 0 Å². The number of benzene rings is 1. The van der Waals surface area contributed by atoms with Crippen LogP contribution in [0.2, 0.25) is 0 Å². The highest BCUT2D eigenvalue weighted by atomic mass is 35.5. The number of carbonyl (C=O) groups excluding carboxylic acids is 1. The number of carbonyl (C=O) groups is 1. The number of nitrogens with two attached hydrogens (primary N) is 1. The molecule has 2 fully saturated rings. The highest BCUT2D eigenvalue weighted by Gasteiger charge is 2.27. The zero-order valence-corrected chi connectivity index (χ0v) is 13.7. The van der Waals surface area contributed by atoms with Crippen LogP contribution in [0.4, 0.5) is 5.69 Å². The van der Waals surface area contributed by atoms with Crippen LogP contribution in [0.5, 0.6) is 0 Å². The van der Waals surface area contributed by atoms with Gasteiger partial charge in [0.25, 0.3) is 5.91 Å². The van der Waals surface area contributed by atoms with E-state index in [4.69, 9.17) is 5.73 Å². The molecule has 1 amide bonds. The molecule has 0 unspecified atom stereocenters. The van der Waals surface area contributed by atoms with Crippen molar-refractivity contribution >= 4 is 36.4 Å². The molecule has 2 aliphatic rings. The molecule has 0 radical (unpaired) electrons. The summed E-state index contributed by atoms with van der Waals surface area (Å²) in [7, 11) is 0. The maximum Gasteiger partial charge on any atom is 0.254 e. The second-order valence-corrected chi connectivity index (χ2v) is 5.66. The second kappa shape index (κ2) is 7.87. The third kappa shape index (κ3) is 4.77. The van der Waals surface area contributed by atoms with Crippen LogP contribution in [0.3, 0.4) is 0 Å². The molecule has 3 rings (SSSR count). The summed E-state index contributed by atoms with van der Waals surface area (Å²) >= 11 is 0. The molecule has 1 heterocycles. The Balaban J connectivity index is 0.00000110. The van der Waals surface area contributed by atoms with Gasteiger partial charge in [0.1, 0.15) is 0 Å². The first-order chi connectivity index (χ1) is 9.22. The van der Waals surface area contributed by atoms with Crippen molar-refractivity contribution in [1.29, 1.82) is 0 Å². The normalized spacial score (nSPS) is 18.6. The van der Waals surface area contributed by atoms with E-state index in [-0.39, 0.29) is 30.7 Å². The minimum Gasteiger partial charge on any atom is -0.399 e. The van der Waals surface area contributed by atoms with E-state index < -0.39 is 0 Å². The minimum atomic E-state index is 0. The summed E-state index contributed by atoms with van der Waals surface area (Å²) < 4.78 is 0. The molecule has 21 heavy (non-hydrogen) atoms. The molecular weight excluding hydrogens is 309 g/mol. The summed E-state index contributed by atoms with van der Waals surface area (Å²) in [4.78, 5) is 16.8. The fraction of sp³-hybridized carbons (Fsp3) is 0.533. The molecule has 1 saturated heterocycles. The third-order valence-electron chi connectivity index (χ3n) is 4.01. The number of rotatable bonds is 3. The van der Waals surface area contributed by atoms with Crippen molar-refractivity contribution in [3.63, 3.8) is 0 Å². The Bertz CT molecular complexity index is 472. The molecule has 1 aliphatic carbocycles. The number of nitrogens with zero attached hydrogens (tertiary/aromatic N) is 2. The fourth-order valence-electron chi connectivity index (χ4n) is 2.65. The van der Waals surface area contributed by atoms with Gasteiger partial charge in [-0.25, -0.2) is 0 Å². The van der Waals surface area contributed by atoms with Crippen molar-refractivity contribution in [2.45, 2.75) is 12.8 Å². The number of halogens is 2. The Morgan fingerprint density at radius 1 is 1.14 bits per heavy atom. The average Bonchev–Trinajstić information content (AvgIpc) is 3.23. The Labute approximate surface area is 138 Å². The van der Waals surface area contributed by atoms with Crippen LogP contribution in [0.25, 0.3) is 0 Å². The van der Waals surface area contributed by atoms with Gasteiger partial charge in [0, 0.05) is 44.0 Å². The van der Waals surface area contributed by atoms with Gasteiger partial charge in [-0.15, -0.1) is 24.8 Å². The van der Waals surface area contributed by atoms with Crippen LogP contribution >= 0.6 is 24.8 Å². The van der Waals surface area contributed by atoms with E-state index in [0.29, 0.717) is 11.3 Å². The van der Waals surface area contributed by atoms with Crippen molar-refractivity contribution < 1.29 is 4.79 Å². The maximum absolute atomic E-state index is 12.3. The summed E-state index contributed by atoms with van der Waals surface area (Å²) in [6.45, 7) is 4.90. The van der Waals surface area contributed by atoms with Crippen LogP contribution in [0, 0.1) is 5.92 Å².